The molecule has 1 heterocycles. The number of nitrogens with one attached hydrogen (secondary N) is 1. The first-order valence-corrected chi connectivity index (χ1v) is 8.10. The molecule has 1 fully saturated rings. The van der Waals surface area contributed by atoms with Gasteiger partial charge in [0.1, 0.15) is 0 Å². The van der Waals surface area contributed by atoms with Crippen LogP contribution in [0.15, 0.2) is 29.2 Å². The maximum atomic E-state index is 12.1. The van der Waals surface area contributed by atoms with E-state index in [1.165, 1.54) is 19.3 Å². The maximum Gasteiger partial charge on any atom is 0.238 e. The van der Waals surface area contributed by atoms with E-state index in [1.807, 2.05) is 30.5 Å². The van der Waals surface area contributed by atoms with Gasteiger partial charge in [-0.2, -0.15) is 0 Å². The zero-order chi connectivity index (χ0) is 13.7. The minimum Gasteiger partial charge on any atom is -0.324 e. The molecule has 4 heteroatoms. The van der Waals surface area contributed by atoms with E-state index in [0.29, 0.717) is 12.6 Å². The number of benzene rings is 1. The van der Waals surface area contributed by atoms with Crippen molar-refractivity contribution in [1.29, 1.82) is 0 Å². The highest BCUT2D eigenvalue weighted by Gasteiger charge is 2.20. The van der Waals surface area contributed by atoms with Crippen molar-refractivity contribution in [3.63, 3.8) is 0 Å². The molecule has 3 nitrogen and oxygen atoms in total. The Hall–Kier alpha value is -1.00. The van der Waals surface area contributed by atoms with Crippen molar-refractivity contribution in [2.45, 2.75) is 37.1 Å². The summed E-state index contributed by atoms with van der Waals surface area (Å²) < 4.78 is 0. The fourth-order valence-corrected chi connectivity index (χ4v) is 3.07. The van der Waals surface area contributed by atoms with Gasteiger partial charge in [0.15, 0.2) is 0 Å². The molecule has 1 N–H and O–H groups in total. The third-order valence-electron chi connectivity index (χ3n) is 3.67. The zero-order valence-corrected chi connectivity index (χ0v) is 12.5. The van der Waals surface area contributed by atoms with Crippen LogP contribution in [0.1, 0.15) is 26.2 Å². The number of nitrogens with zero attached hydrogens (tertiary/aromatic N) is 1. The van der Waals surface area contributed by atoms with E-state index in [1.54, 1.807) is 11.8 Å². The lowest BCUT2D eigenvalue weighted by molar-refractivity contribution is -0.118. The number of para-hydroxylation sites is 1. The van der Waals surface area contributed by atoms with Crippen molar-refractivity contribution in [3.05, 3.63) is 24.3 Å². The topological polar surface area (TPSA) is 32.3 Å². The molecular formula is C15H22N2OS. The predicted octanol–water partition coefficient (Wildman–Crippen LogP) is 3.22. The van der Waals surface area contributed by atoms with Crippen LogP contribution >= 0.6 is 11.8 Å². The van der Waals surface area contributed by atoms with Crippen LogP contribution < -0.4 is 5.32 Å². The van der Waals surface area contributed by atoms with Crippen LogP contribution in [0.25, 0.3) is 0 Å². The Morgan fingerprint density at radius 1 is 1.42 bits per heavy atom. The molecule has 104 valence electrons. The standard InChI is InChI=1S/C15H22N2OS/c1-12-7-5-6-10-17(12)11-15(18)16-13-8-3-4-9-14(13)19-2/h3-4,8-9,12H,5-7,10-11H2,1-2H3,(H,16,18). The van der Waals surface area contributed by atoms with Gasteiger partial charge in [-0.15, -0.1) is 11.8 Å². The van der Waals surface area contributed by atoms with Gasteiger partial charge in [-0.1, -0.05) is 18.6 Å². The van der Waals surface area contributed by atoms with Gasteiger partial charge in [-0.05, 0) is 44.7 Å². The van der Waals surface area contributed by atoms with E-state index in [4.69, 9.17) is 0 Å². The molecule has 2 rings (SSSR count). The largest absolute Gasteiger partial charge is 0.324 e. The van der Waals surface area contributed by atoms with Gasteiger partial charge in [-0.25, -0.2) is 0 Å². The number of anilines is 1. The van der Waals surface area contributed by atoms with E-state index >= 15 is 0 Å². The molecule has 1 aliphatic heterocycles. The fraction of sp³-hybridized carbons (Fsp3) is 0.533. The van der Waals surface area contributed by atoms with Crippen molar-refractivity contribution in [2.24, 2.45) is 0 Å². The van der Waals surface area contributed by atoms with E-state index < -0.39 is 0 Å². The summed E-state index contributed by atoms with van der Waals surface area (Å²) >= 11 is 1.66. The number of carbonyl (C=O) groups excluding carboxylic acids is 1. The monoisotopic (exact) mass is 278 g/mol. The lowest BCUT2D eigenvalue weighted by Crippen LogP contribution is -2.42. The first kappa shape index (κ1) is 14.4. The Bertz CT molecular complexity index is 436. The minimum absolute atomic E-state index is 0.0928. The van der Waals surface area contributed by atoms with Crippen LogP contribution in [-0.2, 0) is 4.79 Å². The maximum absolute atomic E-state index is 12.1. The van der Waals surface area contributed by atoms with E-state index in [-0.39, 0.29) is 5.91 Å². The minimum atomic E-state index is 0.0928. The second kappa shape index (κ2) is 6.96. The lowest BCUT2D eigenvalue weighted by Gasteiger charge is -2.32. The number of piperidine rings is 1. The van der Waals surface area contributed by atoms with Gasteiger partial charge in [0.05, 0.1) is 12.2 Å². The predicted molar refractivity (Wildman–Crippen MR) is 81.7 cm³/mol. The number of hydrogen-bond donors (Lipinski definition) is 1. The second-order valence-electron chi connectivity index (χ2n) is 5.06. The summed E-state index contributed by atoms with van der Waals surface area (Å²) in [5, 5.41) is 3.03. The van der Waals surface area contributed by atoms with Gasteiger partial charge in [0.2, 0.25) is 5.91 Å². The van der Waals surface area contributed by atoms with Crippen LogP contribution in [-0.4, -0.2) is 36.2 Å². The number of hydrogen-bond acceptors (Lipinski definition) is 3. The van der Waals surface area contributed by atoms with Gasteiger partial charge in [0, 0.05) is 10.9 Å². The summed E-state index contributed by atoms with van der Waals surface area (Å²) in [5.74, 6) is 0.0928. The van der Waals surface area contributed by atoms with Crippen LogP contribution in [0, 0.1) is 0 Å². The Morgan fingerprint density at radius 3 is 2.95 bits per heavy atom. The highest BCUT2D eigenvalue weighted by Crippen LogP contribution is 2.24. The smallest absolute Gasteiger partial charge is 0.238 e. The molecule has 1 aromatic carbocycles. The number of likely N-dealkylation sites (tertiary alicyclic amines) is 1. The molecular weight excluding hydrogens is 256 g/mol. The van der Waals surface area contributed by atoms with Gasteiger partial charge in [-0.3, -0.25) is 9.69 Å². The molecule has 0 radical (unpaired) electrons. The zero-order valence-electron chi connectivity index (χ0n) is 11.7. The molecule has 0 saturated carbocycles. The van der Waals surface area contributed by atoms with Gasteiger partial charge >= 0.3 is 0 Å². The average molecular weight is 278 g/mol. The SMILES string of the molecule is CSc1ccccc1NC(=O)CN1CCCCC1C. The summed E-state index contributed by atoms with van der Waals surface area (Å²) in [6.07, 6.45) is 5.72. The lowest BCUT2D eigenvalue weighted by atomic mass is 10.0. The average Bonchev–Trinajstić information content (AvgIpc) is 2.42. The van der Waals surface area contributed by atoms with Crippen molar-refractivity contribution >= 4 is 23.4 Å². The van der Waals surface area contributed by atoms with E-state index in [0.717, 1.165) is 17.1 Å². The third kappa shape index (κ3) is 3.98. The van der Waals surface area contributed by atoms with Gasteiger partial charge < -0.3 is 5.32 Å². The quantitative estimate of drug-likeness (QED) is 0.858. The summed E-state index contributed by atoms with van der Waals surface area (Å²) in [4.78, 5) is 15.5. The normalized spacial score (nSPS) is 20.2. The Morgan fingerprint density at radius 2 is 2.21 bits per heavy atom. The van der Waals surface area contributed by atoms with E-state index in [2.05, 4.69) is 17.1 Å². The molecule has 0 aliphatic carbocycles. The summed E-state index contributed by atoms with van der Waals surface area (Å²) in [5.41, 5.74) is 0.921. The Labute approximate surface area is 119 Å². The highest BCUT2D eigenvalue weighted by atomic mass is 32.2. The molecule has 1 atom stereocenters. The van der Waals surface area contributed by atoms with Crippen molar-refractivity contribution in [2.75, 3.05) is 24.7 Å². The highest BCUT2D eigenvalue weighted by molar-refractivity contribution is 7.98. The Balaban J connectivity index is 1.93. The molecule has 1 saturated heterocycles. The number of amides is 1. The summed E-state index contributed by atoms with van der Waals surface area (Å²) in [6, 6.07) is 8.47. The van der Waals surface area contributed by atoms with Crippen molar-refractivity contribution in [1.82, 2.24) is 4.90 Å². The third-order valence-corrected chi connectivity index (χ3v) is 4.46. The molecule has 1 amide bonds. The molecule has 1 aromatic rings. The number of thioether (sulfide) groups is 1. The molecule has 0 bridgehead atoms. The first-order chi connectivity index (χ1) is 9.20. The van der Waals surface area contributed by atoms with Crippen molar-refractivity contribution < 1.29 is 4.79 Å². The van der Waals surface area contributed by atoms with Crippen LogP contribution in [0.2, 0.25) is 0 Å². The number of carbonyl (C=O) groups is 1. The van der Waals surface area contributed by atoms with E-state index in [9.17, 15) is 4.79 Å². The molecule has 19 heavy (non-hydrogen) atoms. The second-order valence-corrected chi connectivity index (χ2v) is 5.91. The fourth-order valence-electron chi connectivity index (χ4n) is 2.51. The first-order valence-electron chi connectivity index (χ1n) is 6.87. The number of rotatable bonds is 4. The summed E-state index contributed by atoms with van der Waals surface area (Å²) in [7, 11) is 0. The molecule has 0 spiro atoms. The van der Waals surface area contributed by atoms with Gasteiger partial charge in [0.25, 0.3) is 0 Å². The van der Waals surface area contributed by atoms with Crippen LogP contribution in [0.4, 0.5) is 5.69 Å². The molecule has 1 unspecified atom stereocenters. The molecule has 0 aromatic heterocycles. The molecule has 1 aliphatic rings. The van der Waals surface area contributed by atoms with Crippen LogP contribution in [0.5, 0.6) is 0 Å². The van der Waals surface area contributed by atoms with Crippen molar-refractivity contribution in [3.8, 4) is 0 Å². The Kier molecular flexibility index (Phi) is 5.28. The van der Waals surface area contributed by atoms with Crippen LogP contribution in [0.3, 0.4) is 0 Å². The summed E-state index contributed by atoms with van der Waals surface area (Å²) in [6.45, 7) is 3.75.